The summed E-state index contributed by atoms with van der Waals surface area (Å²) in [6.45, 7) is 9.22. The first-order valence-corrected chi connectivity index (χ1v) is 11.1. The van der Waals surface area contributed by atoms with Gasteiger partial charge in [-0.05, 0) is 81.5 Å². The lowest BCUT2D eigenvalue weighted by molar-refractivity contribution is 0.167. The number of carbonyl (C=O) groups excluding carboxylic acids is 1. The third kappa shape index (κ3) is 4.43. The molecule has 1 N–H and O–H groups in total. The molecule has 0 spiro atoms. The molecule has 0 radical (unpaired) electrons. The Kier molecular flexibility index (Phi) is 6.05. The summed E-state index contributed by atoms with van der Waals surface area (Å²) in [6, 6.07) is 6.26. The maximum Gasteiger partial charge on any atom is 0.321 e. The highest BCUT2D eigenvalue weighted by atomic mass is 16.2. The van der Waals surface area contributed by atoms with Gasteiger partial charge in [-0.2, -0.15) is 0 Å². The van der Waals surface area contributed by atoms with Gasteiger partial charge in [0.15, 0.2) is 0 Å². The van der Waals surface area contributed by atoms with Crippen LogP contribution in [0.3, 0.4) is 0 Å². The average molecular weight is 382 g/mol. The summed E-state index contributed by atoms with van der Waals surface area (Å²) in [5.41, 5.74) is 3.24. The van der Waals surface area contributed by atoms with E-state index < -0.39 is 0 Å². The first kappa shape index (κ1) is 19.5. The number of para-hydroxylation sites is 1. The molecule has 4 heteroatoms. The van der Waals surface area contributed by atoms with Gasteiger partial charge in [-0.25, -0.2) is 4.79 Å². The normalized spacial score (nSPS) is 26.6. The third-order valence-electron chi connectivity index (χ3n) is 7.01. The molecule has 1 saturated heterocycles. The molecule has 4 nitrogen and oxygen atoms in total. The molecule has 28 heavy (non-hydrogen) atoms. The number of likely N-dealkylation sites (tertiary alicyclic amines) is 1. The van der Waals surface area contributed by atoms with Gasteiger partial charge >= 0.3 is 6.03 Å². The molecule has 4 rings (SSSR count). The molecule has 1 saturated carbocycles. The number of carbonyl (C=O) groups is 1. The number of urea groups is 1. The Morgan fingerprint density at radius 1 is 1.11 bits per heavy atom. The maximum atomic E-state index is 13.3. The quantitative estimate of drug-likeness (QED) is 0.716. The number of nitrogens with one attached hydrogen (secondary N) is 1. The number of amides is 2. The molecule has 1 aromatic rings. The summed E-state index contributed by atoms with van der Waals surface area (Å²) < 4.78 is 0. The van der Waals surface area contributed by atoms with Crippen molar-refractivity contribution in [2.75, 3.05) is 38.0 Å². The summed E-state index contributed by atoms with van der Waals surface area (Å²) in [4.78, 5) is 17.9. The van der Waals surface area contributed by atoms with Crippen molar-refractivity contribution in [1.82, 2.24) is 9.80 Å². The van der Waals surface area contributed by atoms with Crippen molar-refractivity contribution in [2.24, 2.45) is 17.8 Å². The third-order valence-corrected chi connectivity index (χ3v) is 7.01. The number of piperidine rings is 1. The van der Waals surface area contributed by atoms with Crippen LogP contribution in [0.4, 0.5) is 10.5 Å². The number of hydrogen-bond donors (Lipinski definition) is 1. The summed E-state index contributed by atoms with van der Waals surface area (Å²) in [5.74, 6) is 2.05. The Morgan fingerprint density at radius 2 is 1.86 bits per heavy atom. The van der Waals surface area contributed by atoms with Crippen LogP contribution in [0.15, 0.2) is 30.4 Å². The highest BCUT2D eigenvalue weighted by molar-refractivity contribution is 5.91. The van der Waals surface area contributed by atoms with Crippen LogP contribution in [0.1, 0.15) is 43.2 Å². The molecular weight excluding hydrogens is 346 g/mol. The van der Waals surface area contributed by atoms with Crippen LogP contribution in [-0.2, 0) is 0 Å². The maximum absolute atomic E-state index is 13.3. The number of anilines is 1. The van der Waals surface area contributed by atoms with Crippen LogP contribution >= 0.6 is 0 Å². The molecule has 2 aliphatic carbocycles. The van der Waals surface area contributed by atoms with Gasteiger partial charge in [0.2, 0.25) is 0 Å². The minimum atomic E-state index is 0.0705. The van der Waals surface area contributed by atoms with Crippen LogP contribution in [-0.4, -0.2) is 48.6 Å². The Bertz CT molecular complexity index is 702. The number of rotatable bonds is 6. The average Bonchev–Trinajstić information content (AvgIpc) is 3.32. The van der Waals surface area contributed by atoms with E-state index in [0.29, 0.717) is 11.8 Å². The minimum Gasteiger partial charge on any atom is -0.323 e. The summed E-state index contributed by atoms with van der Waals surface area (Å²) >= 11 is 0. The Hall–Kier alpha value is -1.81. The van der Waals surface area contributed by atoms with Gasteiger partial charge in [-0.1, -0.05) is 36.8 Å². The van der Waals surface area contributed by atoms with E-state index in [9.17, 15) is 4.79 Å². The van der Waals surface area contributed by atoms with E-state index in [2.05, 4.69) is 59.3 Å². The minimum absolute atomic E-state index is 0.0705. The van der Waals surface area contributed by atoms with Crippen LogP contribution in [0.5, 0.6) is 0 Å². The Balaban J connectivity index is 1.43. The van der Waals surface area contributed by atoms with Gasteiger partial charge in [0.05, 0.1) is 0 Å². The van der Waals surface area contributed by atoms with Crippen molar-refractivity contribution >= 4 is 11.7 Å². The van der Waals surface area contributed by atoms with Crippen molar-refractivity contribution in [2.45, 2.75) is 46.0 Å². The molecule has 3 aliphatic rings. The molecule has 2 fully saturated rings. The highest BCUT2D eigenvalue weighted by Gasteiger charge is 2.37. The van der Waals surface area contributed by atoms with Crippen molar-refractivity contribution in [3.63, 3.8) is 0 Å². The fourth-order valence-electron chi connectivity index (χ4n) is 5.31. The lowest BCUT2D eigenvalue weighted by Gasteiger charge is -2.33. The zero-order chi connectivity index (χ0) is 19.5. The molecule has 0 aromatic heterocycles. The second kappa shape index (κ2) is 8.69. The molecule has 3 unspecified atom stereocenters. The highest BCUT2D eigenvalue weighted by Crippen LogP contribution is 2.43. The largest absolute Gasteiger partial charge is 0.323 e. The zero-order valence-electron chi connectivity index (χ0n) is 17.5. The summed E-state index contributed by atoms with van der Waals surface area (Å²) in [5, 5.41) is 3.23. The van der Waals surface area contributed by atoms with Crippen molar-refractivity contribution in [3.8, 4) is 0 Å². The smallest absolute Gasteiger partial charge is 0.321 e. The molecular formula is C24H35N3O. The number of allylic oxidation sites excluding steroid dienone is 2. The molecule has 2 bridgehead atoms. The second-order valence-corrected chi connectivity index (χ2v) is 9.09. The van der Waals surface area contributed by atoms with E-state index in [1.54, 1.807) is 0 Å². The van der Waals surface area contributed by atoms with Crippen molar-refractivity contribution in [3.05, 3.63) is 41.5 Å². The van der Waals surface area contributed by atoms with Gasteiger partial charge in [0.1, 0.15) is 0 Å². The van der Waals surface area contributed by atoms with E-state index >= 15 is 0 Å². The molecule has 1 heterocycles. The van der Waals surface area contributed by atoms with Gasteiger partial charge in [-0.15, -0.1) is 0 Å². The molecule has 1 aromatic carbocycles. The monoisotopic (exact) mass is 381 g/mol. The Labute approximate surface area is 170 Å². The fourth-order valence-corrected chi connectivity index (χ4v) is 5.31. The number of hydrogen-bond acceptors (Lipinski definition) is 2. The zero-order valence-corrected chi connectivity index (χ0v) is 17.5. The number of nitrogens with zero attached hydrogens (tertiary/aromatic N) is 2. The lowest BCUT2D eigenvalue weighted by atomic mass is 9.93. The van der Waals surface area contributed by atoms with Crippen molar-refractivity contribution in [1.29, 1.82) is 0 Å². The number of benzene rings is 1. The van der Waals surface area contributed by atoms with Crippen LogP contribution < -0.4 is 5.32 Å². The lowest BCUT2D eigenvalue weighted by Crippen LogP contribution is -2.44. The second-order valence-electron chi connectivity index (χ2n) is 9.09. The van der Waals surface area contributed by atoms with Crippen LogP contribution in [0.2, 0.25) is 0 Å². The van der Waals surface area contributed by atoms with Crippen LogP contribution in [0.25, 0.3) is 0 Å². The van der Waals surface area contributed by atoms with E-state index in [-0.39, 0.29) is 6.03 Å². The Morgan fingerprint density at radius 3 is 2.50 bits per heavy atom. The van der Waals surface area contributed by atoms with Crippen molar-refractivity contribution < 1.29 is 4.79 Å². The van der Waals surface area contributed by atoms with Crippen LogP contribution in [0, 0.1) is 31.6 Å². The van der Waals surface area contributed by atoms with Gasteiger partial charge in [0, 0.05) is 25.3 Å². The van der Waals surface area contributed by atoms with E-state index in [4.69, 9.17) is 0 Å². The molecule has 1 aliphatic heterocycles. The topological polar surface area (TPSA) is 35.6 Å². The predicted octanol–water partition coefficient (Wildman–Crippen LogP) is 4.84. The van der Waals surface area contributed by atoms with Gasteiger partial charge in [-0.3, -0.25) is 0 Å². The molecule has 3 atom stereocenters. The standard InChI is InChI=1S/C24H35N3O/c1-18-7-6-8-19(2)23(18)25-24(28)27(14-13-26-11-4-3-5-12-26)17-22-16-20-9-10-21(22)15-20/h6-10,20-22H,3-5,11-17H2,1-2H3,(H,25,28). The van der Waals surface area contributed by atoms with E-state index in [0.717, 1.165) is 42.4 Å². The summed E-state index contributed by atoms with van der Waals surface area (Å²) in [6.07, 6.45) is 11.3. The first-order valence-electron chi connectivity index (χ1n) is 11.1. The number of aryl methyl sites for hydroxylation is 2. The van der Waals surface area contributed by atoms with E-state index in [1.165, 1.54) is 45.2 Å². The van der Waals surface area contributed by atoms with E-state index in [1.807, 2.05) is 0 Å². The predicted molar refractivity (Wildman–Crippen MR) is 116 cm³/mol. The SMILES string of the molecule is Cc1cccc(C)c1NC(=O)N(CCN1CCCCC1)CC1CC2C=CC1C2. The number of fused-ring (bicyclic) bond motifs is 2. The summed E-state index contributed by atoms with van der Waals surface area (Å²) in [7, 11) is 0. The first-order chi connectivity index (χ1) is 13.6. The fraction of sp³-hybridized carbons (Fsp3) is 0.625. The van der Waals surface area contributed by atoms with Gasteiger partial charge < -0.3 is 15.1 Å². The van der Waals surface area contributed by atoms with Gasteiger partial charge in [0.25, 0.3) is 0 Å². The molecule has 2 amide bonds. The molecule has 152 valence electrons.